The third kappa shape index (κ3) is 4.73. The number of carbonyl (C=O) groups excluding carboxylic acids is 1. The average molecular weight is 246 g/mol. The Morgan fingerprint density at radius 2 is 1.75 bits per heavy atom. The van der Waals surface area contributed by atoms with E-state index in [1.165, 1.54) is 32.1 Å². The third-order valence-corrected chi connectivity index (χ3v) is 3.49. The van der Waals surface area contributed by atoms with Crippen LogP contribution in [0.2, 0.25) is 0 Å². The molecule has 0 saturated heterocycles. The number of nitrogens with zero attached hydrogens (tertiary/aromatic N) is 1. The molecule has 0 bridgehead atoms. The Morgan fingerprint density at radius 1 is 1.25 bits per heavy atom. The van der Waals surface area contributed by atoms with Crippen molar-refractivity contribution >= 4 is 17.5 Å². The summed E-state index contributed by atoms with van der Waals surface area (Å²) in [7, 11) is 1.87. The first kappa shape index (κ1) is 13.8. The number of hydrogen-bond acceptors (Lipinski definition) is 1. The smallest absolute Gasteiger partial charge is 0.225 e. The van der Waals surface area contributed by atoms with Crippen molar-refractivity contribution in [3.8, 4) is 0 Å². The molecular weight excluding hydrogens is 222 g/mol. The Hall–Kier alpha value is -0.240. The number of rotatable bonds is 3. The van der Waals surface area contributed by atoms with Gasteiger partial charge in [0.15, 0.2) is 0 Å². The van der Waals surface area contributed by atoms with Gasteiger partial charge in [-0.2, -0.15) is 0 Å². The Kier molecular flexibility index (Phi) is 6.18. The van der Waals surface area contributed by atoms with Gasteiger partial charge in [0.2, 0.25) is 5.91 Å². The van der Waals surface area contributed by atoms with Crippen LogP contribution in [0.1, 0.15) is 51.9 Å². The van der Waals surface area contributed by atoms with E-state index in [4.69, 9.17) is 11.6 Å². The lowest BCUT2D eigenvalue weighted by atomic mass is 9.90. The van der Waals surface area contributed by atoms with E-state index in [0.717, 1.165) is 12.8 Å². The van der Waals surface area contributed by atoms with Gasteiger partial charge in [0.1, 0.15) is 0 Å². The minimum absolute atomic E-state index is 0.0440. The van der Waals surface area contributed by atoms with Gasteiger partial charge in [-0.05, 0) is 19.8 Å². The molecule has 0 aromatic heterocycles. The first-order valence-electron chi connectivity index (χ1n) is 6.50. The molecule has 1 amide bonds. The summed E-state index contributed by atoms with van der Waals surface area (Å²) < 4.78 is 0. The largest absolute Gasteiger partial charge is 0.344 e. The highest BCUT2D eigenvalue weighted by atomic mass is 35.5. The molecule has 1 unspecified atom stereocenters. The van der Waals surface area contributed by atoms with Gasteiger partial charge in [-0.1, -0.05) is 32.1 Å². The fraction of sp³-hybridized carbons (Fsp3) is 0.923. The zero-order valence-corrected chi connectivity index (χ0v) is 11.3. The van der Waals surface area contributed by atoms with E-state index in [9.17, 15) is 4.79 Å². The van der Waals surface area contributed by atoms with Gasteiger partial charge >= 0.3 is 0 Å². The van der Waals surface area contributed by atoms with E-state index in [-0.39, 0.29) is 11.3 Å². The zero-order valence-electron chi connectivity index (χ0n) is 10.5. The molecule has 1 aliphatic rings. The summed E-state index contributed by atoms with van der Waals surface area (Å²) in [5.74, 6) is 0.551. The Morgan fingerprint density at radius 3 is 2.25 bits per heavy atom. The van der Waals surface area contributed by atoms with Crippen LogP contribution in [-0.4, -0.2) is 29.8 Å². The number of carbonyl (C=O) groups is 1. The van der Waals surface area contributed by atoms with Gasteiger partial charge < -0.3 is 4.90 Å². The van der Waals surface area contributed by atoms with Crippen LogP contribution in [-0.2, 0) is 4.79 Å². The highest BCUT2D eigenvalue weighted by molar-refractivity contribution is 6.20. The number of halogens is 1. The molecule has 1 fully saturated rings. The van der Waals surface area contributed by atoms with Crippen LogP contribution in [0.25, 0.3) is 0 Å². The predicted molar refractivity (Wildman–Crippen MR) is 68.8 cm³/mol. The van der Waals surface area contributed by atoms with Gasteiger partial charge in [0.25, 0.3) is 0 Å². The topological polar surface area (TPSA) is 20.3 Å². The molecule has 0 aromatic rings. The second-order valence-electron chi connectivity index (χ2n) is 5.04. The van der Waals surface area contributed by atoms with Crippen molar-refractivity contribution in [1.82, 2.24) is 4.90 Å². The average Bonchev–Trinajstić information content (AvgIpc) is 2.15. The van der Waals surface area contributed by atoms with Crippen LogP contribution < -0.4 is 0 Å². The molecule has 1 rings (SSSR count). The second-order valence-corrected chi connectivity index (χ2v) is 5.79. The monoisotopic (exact) mass is 245 g/mol. The molecule has 0 aromatic carbocycles. The van der Waals surface area contributed by atoms with Gasteiger partial charge in [-0.3, -0.25) is 4.79 Å². The molecule has 0 radical (unpaired) electrons. The predicted octanol–water partition coefficient (Wildman–Crippen LogP) is 3.43. The van der Waals surface area contributed by atoms with E-state index < -0.39 is 0 Å². The summed E-state index contributed by atoms with van der Waals surface area (Å²) in [6.07, 6.45) is 8.48. The molecule has 1 atom stereocenters. The van der Waals surface area contributed by atoms with Crippen LogP contribution in [0.15, 0.2) is 0 Å². The molecule has 94 valence electrons. The molecule has 1 aliphatic carbocycles. The van der Waals surface area contributed by atoms with E-state index in [2.05, 4.69) is 0 Å². The lowest BCUT2D eigenvalue weighted by Gasteiger charge is -2.25. The first-order valence-corrected chi connectivity index (χ1v) is 6.94. The Balaban J connectivity index is 2.43. The normalized spacial score (nSPS) is 20.9. The lowest BCUT2D eigenvalue weighted by Crippen LogP contribution is -2.36. The fourth-order valence-electron chi connectivity index (χ4n) is 2.48. The van der Waals surface area contributed by atoms with E-state index >= 15 is 0 Å². The number of alkyl halides is 1. The van der Waals surface area contributed by atoms with Crippen LogP contribution in [0.3, 0.4) is 0 Å². The van der Waals surface area contributed by atoms with Crippen LogP contribution in [0.4, 0.5) is 0 Å². The lowest BCUT2D eigenvalue weighted by molar-refractivity contribution is -0.134. The van der Waals surface area contributed by atoms with Gasteiger partial charge in [-0.15, -0.1) is 11.6 Å². The molecular formula is C13H24ClNO. The molecule has 0 N–H and O–H groups in total. The molecule has 0 spiro atoms. The van der Waals surface area contributed by atoms with Crippen molar-refractivity contribution < 1.29 is 4.79 Å². The summed E-state index contributed by atoms with van der Waals surface area (Å²) in [5.41, 5.74) is 0. The fourth-order valence-corrected chi connectivity index (χ4v) is 2.69. The molecule has 1 saturated carbocycles. The zero-order chi connectivity index (χ0) is 12.0. The van der Waals surface area contributed by atoms with E-state index in [1.54, 1.807) is 0 Å². The molecule has 3 heteroatoms. The van der Waals surface area contributed by atoms with E-state index in [1.807, 2.05) is 18.9 Å². The van der Waals surface area contributed by atoms with Crippen molar-refractivity contribution in [1.29, 1.82) is 0 Å². The summed E-state index contributed by atoms with van der Waals surface area (Å²) in [4.78, 5) is 14.0. The quantitative estimate of drug-likeness (QED) is 0.698. The number of hydrogen-bond donors (Lipinski definition) is 0. The highest BCUT2D eigenvalue weighted by Gasteiger charge is 2.22. The van der Waals surface area contributed by atoms with Crippen molar-refractivity contribution in [2.75, 3.05) is 13.6 Å². The van der Waals surface area contributed by atoms with Crippen LogP contribution in [0, 0.1) is 5.92 Å². The van der Waals surface area contributed by atoms with Crippen LogP contribution >= 0.6 is 11.6 Å². The van der Waals surface area contributed by atoms with Gasteiger partial charge in [0.05, 0.1) is 0 Å². The first-order chi connectivity index (χ1) is 7.61. The molecule has 0 heterocycles. The molecule has 0 aliphatic heterocycles. The van der Waals surface area contributed by atoms with Crippen molar-refractivity contribution in [2.45, 2.75) is 57.2 Å². The second kappa shape index (κ2) is 7.16. The minimum Gasteiger partial charge on any atom is -0.344 e. The van der Waals surface area contributed by atoms with Crippen LogP contribution in [0.5, 0.6) is 0 Å². The maximum absolute atomic E-state index is 12.2. The SMILES string of the molecule is CC(Cl)CN(C)C(=O)C1CCCCCCC1. The minimum atomic E-state index is 0.0440. The maximum atomic E-state index is 12.2. The summed E-state index contributed by atoms with van der Waals surface area (Å²) in [6.45, 7) is 2.60. The standard InChI is InChI=1S/C13H24ClNO/c1-11(14)10-15(2)13(16)12-8-6-4-3-5-7-9-12/h11-12H,3-10H2,1-2H3. The van der Waals surface area contributed by atoms with Crippen molar-refractivity contribution in [3.63, 3.8) is 0 Å². The molecule has 2 nitrogen and oxygen atoms in total. The van der Waals surface area contributed by atoms with Crippen molar-refractivity contribution in [2.24, 2.45) is 5.92 Å². The van der Waals surface area contributed by atoms with Gasteiger partial charge in [0, 0.05) is 24.9 Å². The summed E-state index contributed by atoms with van der Waals surface area (Å²) >= 11 is 5.92. The van der Waals surface area contributed by atoms with E-state index in [0.29, 0.717) is 12.5 Å². The van der Waals surface area contributed by atoms with Gasteiger partial charge in [-0.25, -0.2) is 0 Å². The molecule has 16 heavy (non-hydrogen) atoms. The maximum Gasteiger partial charge on any atom is 0.225 e. The summed E-state index contributed by atoms with van der Waals surface area (Å²) in [5, 5.41) is 0.0440. The third-order valence-electron chi connectivity index (χ3n) is 3.36. The Bertz CT molecular complexity index is 210. The Labute approximate surface area is 104 Å². The van der Waals surface area contributed by atoms with Crippen molar-refractivity contribution in [3.05, 3.63) is 0 Å². The number of amides is 1. The summed E-state index contributed by atoms with van der Waals surface area (Å²) in [6, 6.07) is 0. The highest BCUT2D eigenvalue weighted by Crippen LogP contribution is 2.23.